The summed E-state index contributed by atoms with van der Waals surface area (Å²) in [6, 6.07) is 0. The highest BCUT2D eigenvalue weighted by Gasteiger charge is 2.23. The Bertz CT molecular complexity index is 192. The van der Waals surface area contributed by atoms with Gasteiger partial charge in [0.15, 0.2) is 0 Å². The van der Waals surface area contributed by atoms with Crippen molar-refractivity contribution in [3.05, 3.63) is 0 Å². The van der Waals surface area contributed by atoms with Gasteiger partial charge in [0.05, 0.1) is 6.10 Å². The van der Waals surface area contributed by atoms with Crippen LogP contribution >= 0.6 is 0 Å². The van der Waals surface area contributed by atoms with E-state index in [0.717, 1.165) is 19.1 Å². The van der Waals surface area contributed by atoms with Crippen molar-refractivity contribution in [3.8, 4) is 0 Å². The second-order valence-electron chi connectivity index (χ2n) is 5.19. The Hall–Kier alpha value is -0.120. The molecule has 2 saturated heterocycles. The van der Waals surface area contributed by atoms with Crippen LogP contribution in [0.2, 0.25) is 0 Å². The van der Waals surface area contributed by atoms with Gasteiger partial charge in [-0.3, -0.25) is 0 Å². The van der Waals surface area contributed by atoms with Gasteiger partial charge in [-0.25, -0.2) is 0 Å². The molecule has 94 valence electrons. The first kappa shape index (κ1) is 12.3. The van der Waals surface area contributed by atoms with Crippen molar-refractivity contribution in [1.82, 2.24) is 10.2 Å². The number of likely N-dealkylation sites (tertiary alicyclic amines) is 1. The topological polar surface area (TPSA) is 24.5 Å². The molecule has 0 bridgehead atoms. The van der Waals surface area contributed by atoms with Gasteiger partial charge in [-0.1, -0.05) is 6.92 Å². The number of nitrogens with one attached hydrogen (secondary N) is 1. The van der Waals surface area contributed by atoms with Crippen LogP contribution in [0.4, 0.5) is 0 Å². The molecule has 2 aliphatic rings. The molecule has 0 saturated carbocycles. The molecule has 3 nitrogen and oxygen atoms in total. The molecule has 1 N–H and O–H groups in total. The fraction of sp³-hybridized carbons (Fsp3) is 1.00. The summed E-state index contributed by atoms with van der Waals surface area (Å²) in [4.78, 5) is 2.61. The Kier molecular flexibility index (Phi) is 5.07. The maximum atomic E-state index is 5.67. The van der Waals surface area contributed by atoms with Crippen molar-refractivity contribution in [3.63, 3.8) is 0 Å². The Balaban J connectivity index is 1.57. The molecule has 0 aliphatic carbocycles. The van der Waals surface area contributed by atoms with Crippen LogP contribution in [0.5, 0.6) is 0 Å². The standard InChI is InChI=1S/C13H26N2O/c1-2-14-10-12-5-7-15(11-12)8-6-13-4-3-9-16-13/h12-14H,2-11H2,1H3. The van der Waals surface area contributed by atoms with Gasteiger partial charge in [-0.15, -0.1) is 0 Å². The molecule has 16 heavy (non-hydrogen) atoms. The van der Waals surface area contributed by atoms with Crippen LogP contribution in [0.25, 0.3) is 0 Å². The first-order valence-corrected chi connectivity index (χ1v) is 6.93. The summed E-state index contributed by atoms with van der Waals surface area (Å²) in [6.07, 6.45) is 5.74. The number of nitrogens with zero attached hydrogens (tertiary/aromatic N) is 1. The van der Waals surface area contributed by atoms with Gasteiger partial charge in [0, 0.05) is 19.7 Å². The van der Waals surface area contributed by atoms with Gasteiger partial charge in [0.25, 0.3) is 0 Å². The SMILES string of the molecule is CCNCC1CCN(CCC2CCCO2)C1. The average Bonchev–Trinajstić information content (AvgIpc) is 2.95. The summed E-state index contributed by atoms with van der Waals surface area (Å²) in [5, 5.41) is 3.46. The van der Waals surface area contributed by atoms with E-state index in [1.807, 2.05) is 0 Å². The molecule has 0 amide bonds. The quantitative estimate of drug-likeness (QED) is 0.742. The molecule has 2 aliphatic heterocycles. The van der Waals surface area contributed by atoms with Crippen LogP contribution < -0.4 is 5.32 Å². The van der Waals surface area contributed by atoms with Crippen LogP contribution in [-0.4, -0.2) is 50.3 Å². The minimum Gasteiger partial charge on any atom is -0.378 e. The van der Waals surface area contributed by atoms with Crippen molar-refractivity contribution in [1.29, 1.82) is 0 Å². The summed E-state index contributed by atoms with van der Waals surface area (Å²) < 4.78 is 5.67. The molecule has 2 fully saturated rings. The Labute approximate surface area is 99.5 Å². The van der Waals surface area contributed by atoms with Gasteiger partial charge in [-0.05, 0) is 51.2 Å². The Morgan fingerprint density at radius 1 is 1.38 bits per heavy atom. The zero-order chi connectivity index (χ0) is 11.2. The Morgan fingerprint density at radius 3 is 3.06 bits per heavy atom. The van der Waals surface area contributed by atoms with E-state index < -0.39 is 0 Å². The van der Waals surface area contributed by atoms with E-state index in [2.05, 4.69) is 17.1 Å². The fourth-order valence-corrected chi connectivity index (χ4v) is 2.83. The molecule has 2 rings (SSSR count). The summed E-state index contributed by atoms with van der Waals surface area (Å²) >= 11 is 0. The number of ether oxygens (including phenoxy) is 1. The predicted octanol–water partition coefficient (Wildman–Crippen LogP) is 1.49. The number of rotatable bonds is 6. The molecule has 0 aromatic carbocycles. The minimum absolute atomic E-state index is 0.563. The zero-order valence-corrected chi connectivity index (χ0v) is 10.6. The lowest BCUT2D eigenvalue weighted by molar-refractivity contribution is 0.0945. The predicted molar refractivity (Wildman–Crippen MR) is 66.7 cm³/mol. The average molecular weight is 226 g/mol. The van der Waals surface area contributed by atoms with E-state index in [-0.39, 0.29) is 0 Å². The lowest BCUT2D eigenvalue weighted by Crippen LogP contribution is -2.28. The number of hydrogen-bond acceptors (Lipinski definition) is 3. The van der Waals surface area contributed by atoms with Crippen molar-refractivity contribution in [2.24, 2.45) is 5.92 Å². The van der Waals surface area contributed by atoms with Crippen molar-refractivity contribution < 1.29 is 4.74 Å². The highest BCUT2D eigenvalue weighted by atomic mass is 16.5. The second-order valence-corrected chi connectivity index (χ2v) is 5.19. The van der Waals surface area contributed by atoms with Gasteiger partial charge in [0.2, 0.25) is 0 Å². The lowest BCUT2D eigenvalue weighted by atomic mass is 10.1. The maximum Gasteiger partial charge on any atom is 0.0588 e. The van der Waals surface area contributed by atoms with Crippen molar-refractivity contribution in [2.75, 3.05) is 39.3 Å². The molecule has 0 aromatic rings. The third kappa shape index (κ3) is 3.72. The van der Waals surface area contributed by atoms with E-state index in [0.29, 0.717) is 6.10 Å². The van der Waals surface area contributed by atoms with Gasteiger partial charge in [0.1, 0.15) is 0 Å². The highest BCUT2D eigenvalue weighted by molar-refractivity contribution is 4.78. The minimum atomic E-state index is 0.563. The first-order chi connectivity index (χ1) is 7.88. The molecule has 3 heteroatoms. The van der Waals surface area contributed by atoms with E-state index in [4.69, 9.17) is 4.74 Å². The molecule has 0 aromatic heterocycles. The van der Waals surface area contributed by atoms with E-state index in [9.17, 15) is 0 Å². The third-order valence-corrected chi connectivity index (χ3v) is 3.84. The third-order valence-electron chi connectivity index (χ3n) is 3.84. The molecular formula is C13H26N2O. The molecule has 2 heterocycles. The molecule has 0 radical (unpaired) electrons. The molecule has 0 spiro atoms. The maximum absolute atomic E-state index is 5.67. The van der Waals surface area contributed by atoms with Crippen LogP contribution in [-0.2, 0) is 4.74 Å². The monoisotopic (exact) mass is 226 g/mol. The zero-order valence-electron chi connectivity index (χ0n) is 10.6. The van der Waals surface area contributed by atoms with Crippen LogP contribution in [0, 0.1) is 5.92 Å². The van der Waals surface area contributed by atoms with Crippen LogP contribution in [0.15, 0.2) is 0 Å². The highest BCUT2D eigenvalue weighted by Crippen LogP contribution is 2.19. The van der Waals surface area contributed by atoms with Gasteiger partial charge < -0.3 is 15.0 Å². The van der Waals surface area contributed by atoms with E-state index in [1.165, 1.54) is 51.9 Å². The largest absolute Gasteiger partial charge is 0.378 e. The summed E-state index contributed by atoms with van der Waals surface area (Å²) in [6.45, 7) is 9.31. The lowest BCUT2D eigenvalue weighted by Gasteiger charge is -2.18. The first-order valence-electron chi connectivity index (χ1n) is 6.93. The van der Waals surface area contributed by atoms with E-state index >= 15 is 0 Å². The van der Waals surface area contributed by atoms with E-state index in [1.54, 1.807) is 0 Å². The van der Waals surface area contributed by atoms with Crippen molar-refractivity contribution >= 4 is 0 Å². The summed E-state index contributed by atoms with van der Waals surface area (Å²) in [7, 11) is 0. The Morgan fingerprint density at radius 2 is 2.31 bits per heavy atom. The summed E-state index contributed by atoms with van der Waals surface area (Å²) in [5.41, 5.74) is 0. The van der Waals surface area contributed by atoms with Gasteiger partial charge in [-0.2, -0.15) is 0 Å². The summed E-state index contributed by atoms with van der Waals surface area (Å²) in [5.74, 6) is 0.879. The van der Waals surface area contributed by atoms with Crippen LogP contribution in [0.3, 0.4) is 0 Å². The molecular weight excluding hydrogens is 200 g/mol. The molecule has 2 unspecified atom stereocenters. The number of hydrogen-bond donors (Lipinski definition) is 1. The normalized spacial score (nSPS) is 31.3. The molecule has 2 atom stereocenters. The smallest absolute Gasteiger partial charge is 0.0588 e. The second kappa shape index (κ2) is 6.58. The van der Waals surface area contributed by atoms with Gasteiger partial charge >= 0.3 is 0 Å². The fourth-order valence-electron chi connectivity index (χ4n) is 2.83. The van der Waals surface area contributed by atoms with Crippen molar-refractivity contribution in [2.45, 2.75) is 38.7 Å². The van der Waals surface area contributed by atoms with Crippen LogP contribution in [0.1, 0.15) is 32.6 Å².